The Bertz CT molecular complexity index is 927. The number of rotatable bonds is 8. The maximum absolute atomic E-state index is 12.7. The molecule has 28 heavy (non-hydrogen) atoms. The van der Waals surface area contributed by atoms with E-state index in [1.54, 1.807) is 31.2 Å². The van der Waals surface area contributed by atoms with Crippen molar-refractivity contribution in [1.82, 2.24) is 15.3 Å². The van der Waals surface area contributed by atoms with E-state index in [0.29, 0.717) is 29.3 Å². The van der Waals surface area contributed by atoms with E-state index in [-0.39, 0.29) is 12.5 Å². The Kier molecular flexibility index (Phi) is 6.08. The standard InChI is InChI=1S/C20H23N3O5/c1-5-8-18-21-19(28-23-18)14(4)26-20(24)15-9-6-7-10-17(15)25-11-16-12(2)22-27-13(16)3/h6-7,9-10,14H,5,8,11H2,1-4H3. The van der Waals surface area contributed by atoms with E-state index in [1.807, 2.05) is 20.8 Å². The zero-order chi connectivity index (χ0) is 20.1. The van der Waals surface area contributed by atoms with Gasteiger partial charge in [-0.2, -0.15) is 4.98 Å². The number of hydrogen-bond acceptors (Lipinski definition) is 8. The van der Waals surface area contributed by atoms with Crippen LogP contribution < -0.4 is 4.74 Å². The predicted octanol–water partition coefficient (Wildman–Crippen LogP) is 4.12. The molecule has 3 rings (SSSR count). The molecular formula is C20H23N3O5. The van der Waals surface area contributed by atoms with Crippen LogP contribution >= 0.6 is 0 Å². The summed E-state index contributed by atoms with van der Waals surface area (Å²) in [5.74, 6) is 1.44. The normalized spacial score (nSPS) is 12.0. The van der Waals surface area contributed by atoms with Crippen molar-refractivity contribution in [2.45, 2.75) is 53.2 Å². The number of aryl methyl sites for hydroxylation is 3. The number of para-hydroxylation sites is 1. The summed E-state index contributed by atoms with van der Waals surface area (Å²) in [7, 11) is 0. The lowest BCUT2D eigenvalue weighted by Crippen LogP contribution is -2.11. The van der Waals surface area contributed by atoms with Crippen LogP contribution in [0.15, 0.2) is 33.3 Å². The van der Waals surface area contributed by atoms with E-state index in [0.717, 1.165) is 17.7 Å². The van der Waals surface area contributed by atoms with Crippen LogP contribution in [0.3, 0.4) is 0 Å². The summed E-state index contributed by atoms with van der Waals surface area (Å²) < 4.78 is 21.6. The van der Waals surface area contributed by atoms with Gasteiger partial charge in [0.05, 0.1) is 11.3 Å². The quantitative estimate of drug-likeness (QED) is 0.534. The largest absolute Gasteiger partial charge is 0.488 e. The second kappa shape index (κ2) is 8.69. The third-order valence-corrected chi connectivity index (χ3v) is 4.25. The summed E-state index contributed by atoms with van der Waals surface area (Å²) in [6, 6.07) is 6.90. The zero-order valence-corrected chi connectivity index (χ0v) is 16.4. The fraction of sp³-hybridized carbons (Fsp3) is 0.400. The van der Waals surface area contributed by atoms with E-state index in [9.17, 15) is 4.79 Å². The van der Waals surface area contributed by atoms with Crippen LogP contribution in [0.1, 0.15) is 65.5 Å². The highest BCUT2D eigenvalue weighted by Crippen LogP contribution is 2.25. The third-order valence-electron chi connectivity index (χ3n) is 4.25. The molecule has 0 aliphatic carbocycles. The Hall–Kier alpha value is -3.16. The van der Waals surface area contributed by atoms with Gasteiger partial charge in [-0.05, 0) is 39.3 Å². The topological polar surface area (TPSA) is 100 Å². The first-order chi connectivity index (χ1) is 13.5. The minimum atomic E-state index is -0.666. The predicted molar refractivity (Wildman–Crippen MR) is 98.9 cm³/mol. The highest BCUT2D eigenvalue weighted by atomic mass is 16.6. The van der Waals surface area contributed by atoms with Crippen LogP contribution in [-0.4, -0.2) is 21.3 Å². The van der Waals surface area contributed by atoms with E-state index in [1.165, 1.54) is 0 Å². The molecule has 0 spiro atoms. The number of ether oxygens (including phenoxy) is 2. The Morgan fingerprint density at radius 3 is 2.68 bits per heavy atom. The number of benzene rings is 1. The second-order valence-electron chi connectivity index (χ2n) is 6.43. The smallest absolute Gasteiger partial charge is 0.342 e. The molecule has 0 bridgehead atoms. The molecule has 3 aromatic rings. The van der Waals surface area contributed by atoms with Crippen LogP contribution in [0.4, 0.5) is 0 Å². The van der Waals surface area contributed by atoms with Crippen molar-refractivity contribution in [2.75, 3.05) is 0 Å². The molecule has 148 valence electrons. The fourth-order valence-electron chi connectivity index (χ4n) is 2.65. The zero-order valence-electron chi connectivity index (χ0n) is 16.4. The molecule has 0 aliphatic heterocycles. The number of carbonyl (C=O) groups is 1. The monoisotopic (exact) mass is 385 g/mol. The summed E-state index contributed by atoms with van der Waals surface area (Å²) >= 11 is 0. The Labute approximate surface area is 162 Å². The van der Waals surface area contributed by atoms with E-state index < -0.39 is 12.1 Å². The van der Waals surface area contributed by atoms with Gasteiger partial charge in [-0.1, -0.05) is 29.4 Å². The highest BCUT2D eigenvalue weighted by Gasteiger charge is 2.22. The van der Waals surface area contributed by atoms with Crippen molar-refractivity contribution in [2.24, 2.45) is 0 Å². The molecule has 0 saturated carbocycles. The van der Waals surface area contributed by atoms with Gasteiger partial charge >= 0.3 is 5.97 Å². The van der Waals surface area contributed by atoms with Gasteiger partial charge in [0.15, 0.2) is 11.9 Å². The minimum Gasteiger partial charge on any atom is -0.488 e. The minimum absolute atomic E-state index is 0.241. The summed E-state index contributed by atoms with van der Waals surface area (Å²) in [5.41, 5.74) is 1.92. The molecule has 0 N–H and O–H groups in total. The third kappa shape index (κ3) is 4.39. The van der Waals surface area contributed by atoms with Crippen molar-refractivity contribution in [3.63, 3.8) is 0 Å². The molecule has 0 aliphatic rings. The summed E-state index contributed by atoms with van der Waals surface area (Å²) in [6.45, 7) is 7.62. The number of esters is 1. The van der Waals surface area contributed by atoms with Gasteiger partial charge in [0.25, 0.3) is 5.89 Å². The number of aromatic nitrogens is 3. The molecular weight excluding hydrogens is 362 g/mol. The fourth-order valence-corrected chi connectivity index (χ4v) is 2.65. The first kappa shape index (κ1) is 19.6. The molecule has 2 heterocycles. The van der Waals surface area contributed by atoms with Crippen LogP contribution in [-0.2, 0) is 17.8 Å². The lowest BCUT2D eigenvalue weighted by atomic mass is 10.2. The number of hydrogen-bond donors (Lipinski definition) is 0. The number of nitrogens with zero attached hydrogens (tertiary/aromatic N) is 3. The van der Waals surface area contributed by atoms with Gasteiger partial charge in [-0.15, -0.1) is 0 Å². The van der Waals surface area contributed by atoms with Gasteiger partial charge in [0.2, 0.25) is 0 Å². The van der Waals surface area contributed by atoms with E-state index in [4.69, 9.17) is 18.5 Å². The second-order valence-corrected chi connectivity index (χ2v) is 6.43. The summed E-state index contributed by atoms with van der Waals surface area (Å²) in [5, 5.41) is 7.79. The summed E-state index contributed by atoms with van der Waals surface area (Å²) in [4.78, 5) is 16.9. The summed E-state index contributed by atoms with van der Waals surface area (Å²) in [6.07, 6.45) is 0.951. The van der Waals surface area contributed by atoms with Crippen molar-refractivity contribution >= 4 is 5.97 Å². The lowest BCUT2D eigenvalue weighted by Gasteiger charge is -2.13. The molecule has 0 radical (unpaired) electrons. The van der Waals surface area contributed by atoms with Gasteiger partial charge in [0.1, 0.15) is 23.7 Å². The van der Waals surface area contributed by atoms with Crippen LogP contribution in [0.5, 0.6) is 5.75 Å². The first-order valence-electron chi connectivity index (χ1n) is 9.16. The van der Waals surface area contributed by atoms with E-state index in [2.05, 4.69) is 15.3 Å². The molecule has 8 nitrogen and oxygen atoms in total. The van der Waals surface area contributed by atoms with Crippen LogP contribution in [0.2, 0.25) is 0 Å². The first-order valence-corrected chi connectivity index (χ1v) is 9.16. The van der Waals surface area contributed by atoms with Gasteiger partial charge in [-0.3, -0.25) is 0 Å². The Morgan fingerprint density at radius 1 is 1.18 bits per heavy atom. The van der Waals surface area contributed by atoms with Crippen LogP contribution in [0.25, 0.3) is 0 Å². The highest BCUT2D eigenvalue weighted by molar-refractivity contribution is 5.92. The van der Waals surface area contributed by atoms with Crippen molar-refractivity contribution < 1.29 is 23.3 Å². The van der Waals surface area contributed by atoms with E-state index >= 15 is 0 Å². The van der Waals surface area contributed by atoms with Crippen LogP contribution in [0, 0.1) is 13.8 Å². The molecule has 0 fully saturated rings. The van der Waals surface area contributed by atoms with Gasteiger partial charge in [0, 0.05) is 6.42 Å². The Morgan fingerprint density at radius 2 is 1.96 bits per heavy atom. The SMILES string of the molecule is CCCc1noc(C(C)OC(=O)c2ccccc2OCc2c(C)noc2C)n1. The average Bonchev–Trinajstić information content (AvgIpc) is 3.27. The average molecular weight is 385 g/mol. The number of carbonyl (C=O) groups excluding carboxylic acids is 1. The molecule has 1 atom stereocenters. The maximum atomic E-state index is 12.7. The molecule has 2 aromatic heterocycles. The van der Waals surface area contributed by atoms with Gasteiger partial charge < -0.3 is 18.5 Å². The Balaban J connectivity index is 1.69. The van der Waals surface area contributed by atoms with Crippen molar-refractivity contribution in [3.8, 4) is 5.75 Å². The van der Waals surface area contributed by atoms with Crippen molar-refractivity contribution in [3.05, 3.63) is 58.6 Å². The molecule has 1 unspecified atom stereocenters. The molecule has 0 amide bonds. The van der Waals surface area contributed by atoms with Gasteiger partial charge in [-0.25, -0.2) is 4.79 Å². The maximum Gasteiger partial charge on any atom is 0.342 e. The molecule has 0 saturated heterocycles. The lowest BCUT2D eigenvalue weighted by molar-refractivity contribution is 0.0261. The molecule has 1 aromatic carbocycles. The van der Waals surface area contributed by atoms with Crippen molar-refractivity contribution in [1.29, 1.82) is 0 Å². The molecule has 8 heteroatoms.